The number of anilines is 1. The number of hydrogen-bond donors (Lipinski definition) is 1. The van der Waals surface area contributed by atoms with Crippen molar-refractivity contribution in [3.8, 4) is 0 Å². The Bertz CT molecular complexity index is 716. The van der Waals surface area contributed by atoms with Gasteiger partial charge in [-0.2, -0.15) is 4.31 Å². The molecule has 1 unspecified atom stereocenters. The van der Waals surface area contributed by atoms with Crippen molar-refractivity contribution in [2.45, 2.75) is 24.8 Å². The molecule has 0 saturated carbocycles. The van der Waals surface area contributed by atoms with Crippen molar-refractivity contribution in [3.05, 3.63) is 18.3 Å². The minimum absolute atomic E-state index is 0.0215. The van der Waals surface area contributed by atoms with Crippen molar-refractivity contribution in [2.75, 3.05) is 29.9 Å². The van der Waals surface area contributed by atoms with Gasteiger partial charge in [-0.25, -0.2) is 21.8 Å². The Morgan fingerprint density at radius 2 is 2.19 bits per heavy atom. The highest BCUT2D eigenvalue weighted by atomic mass is 32.2. The lowest BCUT2D eigenvalue weighted by Gasteiger charge is -2.32. The molecule has 1 aromatic heterocycles. The third-order valence-electron chi connectivity index (χ3n) is 3.31. The maximum atomic E-state index is 12.8. The molecule has 0 spiro atoms. The molecule has 1 aromatic rings. The summed E-state index contributed by atoms with van der Waals surface area (Å²) < 4.78 is 49.9. The zero-order valence-electron chi connectivity index (χ0n) is 12.0. The molecule has 1 aliphatic heterocycles. The summed E-state index contributed by atoms with van der Waals surface area (Å²) in [6.45, 7) is 3.98. The van der Waals surface area contributed by atoms with Crippen LogP contribution >= 0.6 is 0 Å². The normalized spacial score (nSPS) is 22.9. The molecule has 1 atom stereocenters. The Balaban J connectivity index is 2.39. The number of sulfone groups is 1. The van der Waals surface area contributed by atoms with E-state index in [-0.39, 0.29) is 22.9 Å². The van der Waals surface area contributed by atoms with Crippen LogP contribution in [0.4, 0.5) is 5.82 Å². The fourth-order valence-corrected chi connectivity index (χ4v) is 5.88. The Hall–Kier alpha value is -1.19. The third-order valence-corrected chi connectivity index (χ3v) is 7.15. The highest BCUT2D eigenvalue weighted by Crippen LogP contribution is 2.26. The minimum Gasteiger partial charge on any atom is -0.369 e. The summed E-state index contributed by atoms with van der Waals surface area (Å²) in [7, 11) is -6.94. The fourth-order valence-electron chi connectivity index (χ4n) is 2.37. The Morgan fingerprint density at radius 3 is 2.81 bits per heavy atom. The predicted octanol–water partition coefficient (Wildman–Crippen LogP) is 0.321. The molecule has 2 heterocycles. The zero-order chi connectivity index (χ0) is 15.7. The smallest absolute Gasteiger partial charge is 0.247 e. The van der Waals surface area contributed by atoms with Gasteiger partial charge in [0.05, 0.1) is 11.5 Å². The van der Waals surface area contributed by atoms with Gasteiger partial charge in [0.2, 0.25) is 10.0 Å². The maximum Gasteiger partial charge on any atom is 0.247 e. The molecule has 1 aliphatic rings. The van der Waals surface area contributed by atoms with Crippen molar-refractivity contribution < 1.29 is 16.8 Å². The van der Waals surface area contributed by atoms with Crippen LogP contribution < -0.4 is 5.32 Å². The SMILES string of the molecule is CCNc1ncccc1S(=O)(=O)N1CCS(=O)(=O)CC1C. The summed E-state index contributed by atoms with van der Waals surface area (Å²) in [6, 6.07) is 2.46. The number of nitrogens with one attached hydrogen (secondary N) is 1. The van der Waals surface area contributed by atoms with Crippen LogP contribution in [-0.2, 0) is 19.9 Å². The van der Waals surface area contributed by atoms with Gasteiger partial charge in [0.15, 0.2) is 9.84 Å². The molecule has 0 amide bonds. The summed E-state index contributed by atoms with van der Waals surface area (Å²) in [5.41, 5.74) is 0. The van der Waals surface area contributed by atoms with E-state index in [1.807, 2.05) is 6.92 Å². The average Bonchev–Trinajstić information content (AvgIpc) is 2.38. The van der Waals surface area contributed by atoms with Gasteiger partial charge in [-0.3, -0.25) is 0 Å². The van der Waals surface area contributed by atoms with Crippen LogP contribution in [0.5, 0.6) is 0 Å². The molecule has 1 N–H and O–H groups in total. The first kappa shape index (κ1) is 16.2. The van der Waals surface area contributed by atoms with Gasteiger partial charge in [0, 0.05) is 25.3 Å². The van der Waals surface area contributed by atoms with Crippen LogP contribution in [-0.4, -0.2) is 56.8 Å². The molecule has 2 rings (SSSR count). The highest BCUT2D eigenvalue weighted by Gasteiger charge is 2.37. The number of nitrogens with zero attached hydrogens (tertiary/aromatic N) is 2. The molecule has 118 valence electrons. The van der Waals surface area contributed by atoms with Gasteiger partial charge < -0.3 is 5.32 Å². The third kappa shape index (κ3) is 3.35. The van der Waals surface area contributed by atoms with Gasteiger partial charge in [0.1, 0.15) is 10.7 Å². The van der Waals surface area contributed by atoms with Crippen LogP contribution in [0, 0.1) is 0 Å². The average molecular weight is 333 g/mol. The molecule has 0 aromatic carbocycles. The van der Waals surface area contributed by atoms with E-state index in [1.165, 1.54) is 16.6 Å². The Labute approximate surface area is 125 Å². The van der Waals surface area contributed by atoms with Gasteiger partial charge in [-0.15, -0.1) is 0 Å². The number of rotatable bonds is 4. The first-order valence-electron chi connectivity index (χ1n) is 6.69. The van der Waals surface area contributed by atoms with Crippen molar-refractivity contribution >= 4 is 25.7 Å². The quantitative estimate of drug-likeness (QED) is 0.852. The lowest BCUT2D eigenvalue weighted by Crippen LogP contribution is -2.49. The van der Waals surface area contributed by atoms with E-state index < -0.39 is 25.9 Å². The fraction of sp³-hybridized carbons (Fsp3) is 0.583. The molecule has 7 nitrogen and oxygen atoms in total. The predicted molar refractivity (Wildman–Crippen MR) is 80.4 cm³/mol. The summed E-state index contributed by atoms with van der Waals surface area (Å²) in [6.07, 6.45) is 1.51. The van der Waals surface area contributed by atoms with Crippen molar-refractivity contribution in [1.29, 1.82) is 0 Å². The molecule has 0 radical (unpaired) electrons. The van der Waals surface area contributed by atoms with E-state index >= 15 is 0 Å². The van der Waals surface area contributed by atoms with Gasteiger partial charge >= 0.3 is 0 Å². The van der Waals surface area contributed by atoms with E-state index in [2.05, 4.69) is 10.3 Å². The Kier molecular flexibility index (Phi) is 4.54. The van der Waals surface area contributed by atoms with Crippen molar-refractivity contribution in [2.24, 2.45) is 0 Å². The first-order chi connectivity index (χ1) is 9.78. The molecular weight excluding hydrogens is 314 g/mol. The number of aromatic nitrogens is 1. The van der Waals surface area contributed by atoms with E-state index in [4.69, 9.17) is 0 Å². The maximum absolute atomic E-state index is 12.8. The van der Waals surface area contributed by atoms with Crippen LogP contribution in [0.15, 0.2) is 23.2 Å². The molecule has 0 bridgehead atoms. The second-order valence-electron chi connectivity index (χ2n) is 4.96. The molecule has 21 heavy (non-hydrogen) atoms. The largest absolute Gasteiger partial charge is 0.369 e. The van der Waals surface area contributed by atoms with E-state index in [1.54, 1.807) is 13.0 Å². The minimum atomic E-state index is -3.77. The summed E-state index contributed by atoms with van der Waals surface area (Å²) in [4.78, 5) is 4.13. The number of pyridine rings is 1. The summed E-state index contributed by atoms with van der Waals surface area (Å²) in [5.74, 6) is -0.00298. The van der Waals surface area contributed by atoms with E-state index in [0.717, 1.165) is 0 Å². The van der Waals surface area contributed by atoms with Crippen LogP contribution in [0.25, 0.3) is 0 Å². The molecule has 0 aliphatic carbocycles. The van der Waals surface area contributed by atoms with E-state index in [9.17, 15) is 16.8 Å². The number of sulfonamides is 1. The first-order valence-corrected chi connectivity index (χ1v) is 9.95. The monoisotopic (exact) mass is 333 g/mol. The Morgan fingerprint density at radius 1 is 1.48 bits per heavy atom. The second-order valence-corrected chi connectivity index (χ2v) is 9.05. The molecule has 9 heteroatoms. The summed E-state index contributed by atoms with van der Waals surface area (Å²) >= 11 is 0. The second kappa shape index (κ2) is 5.90. The lowest BCUT2D eigenvalue weighted by atomic mass is 10.4. The lowest BCUT2D eigenvalue weighted by molar-refractivity contribution is 0.357. The van der Waals surface area contributed by atoms with Crippen LogP contribution in [0.3, 0.4) is 0 Å². The topological polar surface area (TPSA) is 96.4 Å². The standard InChI is InChI=1S/C12H19N3O4S2/c1-3-13-12-11(5-4-6-14-12)21(18,19)15-7-8-20(16,17)9-10(15)2/h4-6,10H,3,7-9H2,1-2H3,(H,13,14). The molecule has 1 saturated heterocycles. The van der Waals surface area contributed by atoms with Gasteiger partial charge in [-0.05, 0) is 26.0 Å². The van der Waals surface area contributed by atoms with Gasteiger partial charge in [-0.1, -0.05) is 0 Å². The zero-order valence-corrected chi connectivity index (χ0v) is 13.6. The molecular formula is C12H19N3O4S2. The van der Waals surface area contributed by atoms with Crippen molar-refractivity contribution in [3.63, 3.8) is 0 Å². The van der Waals surface area contributed by atoms with Crippen LogP contribution in [0.1, 0.15) is 13.8 Å². The number of hydrogen-bond acceptors (Lipinski definition) is 6. The van der Waals surface area contributed by atoms with Crippen molar-refractivity contribution in [1.82, 2.24) is 9.29 Å². The van der Waals surface area contributed by atoms with Gasteiger partial charge in [0.25, 0.3) is 0 Å². The molecule has 1 fully saturated rings. The summed E-state index contributed by atoms with van der Waals surface area (Å²) in [5, 5.41) is 2.92. The van der Waals surface area contributed by atoms with E-state index in [0.29, 0.717) is 12.4 Å². The van der Waals surface area contributed by atoms with Crippen LogP contribution in [0.2, 0.25) is 0 Å². The highest BCUT2D eigenvalue weighted by molar-refractivity contribution is 7.92.